The number of benzene rings is 1. The maximum atomic E-state index is 11.4. The number of rotatable bonds is 1. The number of hydrogen-bond acceptors (Lipinski definition) is 2. The van der Waals surface area contributed by atoms with Crippen LogP contribution < -0.4 is 4.90 Å². The van der Waals surface area contributed by atoms with E-state index in [0.717, 1.165) is 36.9 Å². The molecule has 0 radical (unpaired) electrons. The van der Waals surface area contributed by atoms with Crippen LogP contribution in [-0.2, 0) is 11.2 Å². The van der Waals surface area contributed by atoms with Gasteiger partial charge in [-0.1, -0.05) is 0 Å². The van der Waals surface area contributed by atoms with Crippen molar-refractivity contribution in [1.29, 1.82) is 0 Å². The number of nitrogens with zero attached hydrogens (tertiary/aromatic N) is 1. The van der Waals surface area contributed by atoms with E-state index in [9.17, 15) is 9.59 Å². The van der Waals surface area contributed by atoms with Gasteiger partial charge in [-0.2, -0.15) is 0 Å². The molecule has 0 fully saturated rings. The average Bonchev–Trinajstić information content (AvgIpc) is 2.27. The average molecular weight is 203 g/mol. The Balaban J connectivity index is 2.44. The summed E-state index contributed by atoms with van der Waals surface area (Å²) in [6, 6.07) is 5.49. The molecule has 1 aliphatic rings. The van der Waals surface area contributed by atoms with Crippen LogP contribution in [0.25, 0.3) is 0 Å². The summed E-state index contributed by atoms with van der Waals surface area (Å²) in [6.45, 7) is 2.35. The monoisotopic (exact) mass is 203 g/mol. The summed E-state index contributed by atoms with van der Waals surface area (Å²) in [7, 11) is 0. The number of anilines is 1. The Morgan fingerprint density at radius 1 is 1.47 bits per heavy atom. The summed E-state index contributed by atoms with van der Waals surface area (Å²) >= 11 is 0. The Bertz CT molecular complexity index is 412. The van der Waals surface area contributed by atoms with Gasteiger partial charge in [0.1, 0.15) is 6.29 Å². The van der Waals surface area contributed by atoms with Gasteiger partial charge in [-0.25, -0.2) is 0 Å². The molecule has 0 saturated heterocycles. The smallest absolute Gasteiger partial charge is 0.223 e. The zero-order valence-corrected chi connectivity index (χ0v) is 8.69. The van der Waals surface area contributed by atoms with Crippen LogP contribution in [0.1, 0.15) is 29.3 Å². The molecule has 0 atom stereocenters. The quantitative estimate of drug-likeness (QED) is 0.653. The normalized spacial score (nSPS) is 14.6. The number of amides is 1. The Morgan fingerprint density at radius 2 is 2.27 bits per heavy atom. The van der Waals surface area contributed by atoms with Crippen molar-refractivity contribution in [1.82, 2.24) is 0 Å². The largest absolute Gasteiger partial charge is 0.312 e. The highest BCUT2D eigenvalue weighted by molar-refractivity contribution is 5.93. The molecule has 1 aliphatic heterocycles. The van der Waals surface area contributed by atoms with Gasteiger partial charge in [0.2, 0.25) is 5.91 Å². The first-order chi connectivity index (χ1) is 7.22. The molecule has 0 aliphatic carbocycles. The molecule has 0 spiro atoms. The maximum absolute atomic E-state index is 11.4. The molecule has 3 heteroatoms. The first kappa shape index (κ1) is 9.90. The summed E-state index contributed by atoms with van der Waals surface area (Å²) < 4.78 is 0. The van der Waals surface area contributed by atoms with Crippen LogP contribution in [-0.4, -0.2) is 18.7 Å². The third-order valence-corrected chi connectivity index (χ3v) is 2.74. The van der Waals surface area contributed by atoms with Gasteiger partial charge >= 0.3 is 0 Å². The van der Waals surface area contributed by atoms with Gasteiger partial charge in [0.05, 0.1) is 0 Å². The summed E-state index contributed by atoms with van der Waals surface area (Å²) in [5, 5.41) is 0. The van der Waals surface area contributed by atoms with Crippen LogP contribution in [0.5, 0.6) is 0 Å². The van der Waals surface area contributed by atoms with Crippen molar-refractivity contribution >= 4 is 17.9 Å². The fourth-order valence-corrected chi connectivity index (χ4v) is 2.02. The van der Waals surface area contributed by atoms with Gasteiger partial charge in [-0.3, -0.25) is 9.59 Å². The molecular weight excluding hydrogens is 190 g/mol. The van der Waals surface area contributed by atoms with E-state index < -0.39 is 0 Å². The second kappa shape index (κ2) is 3.85. The zero-order valence-electron chi connectivity index (χ0n) is 8.69. The summed E-state index contributed by atoms with van der Waals surface area (Å²) in [5.41, 5.74) is 2.74. The lowest BCUT2D eigenvalue weighted by Crippen LogP contribution is -2.33. The van der Waals surface area contributed by atoms with E-state index in [2.05, 4.69) is 0 Å². The molecule has 0 N–H and O–H groups in total. The van der Waals surface area contributed by atoms with Gasteiger partial charge in [0.25, 0.3) is 0 Å². The zero-order chi connectivity index (χ0) is 10.8. The van der Waals surface area contributed by atoms with Crippen molar-refractivity contribution in [2.45, 2.75) is 19.8 Å². The third-order valence-electron chi connectivity index (χ3n) is 2.74. The molecular formula is C12H13NO2. The third kappa shape index (κ3) is 1.77. The number of fused-ring (bicyclic) bond motifs is 1. The van der Waals surface area contributed by atoms with Gasteiger partial charge < -0.3 is 4.90 Å². The Kier molecular flexibility index (Phi) is 2.54. The Morgan fingerprint density at radius 3 is 2.93 bits per heavy atom. The van der Waals surface area contributed by atoms with E-state index in [1.54, 1.807) is 17.9 Å². The minimum Gasteiger partial charge on any atom is -0.312 e. The highest BCUT2D eigenvalue weighted by Gasteiger charge is 2.19. The van der Waals surface area contributed by atoms with Crippen molar-refractivity contribution in [2.75, 3.05) is 11.4 Å². The van der Waals surface area contributed by atoms with E-state index in [0.29, 0.717) is 5.56 Å². The van der Waals surface area contributed by atoms with Crippen LogP contribution in [0.4, 0.5) is 5.69 Å². The highest BCUT2D eigenvalue weighted by atomic mass is 16.2. The molecule has 3 nitrogen and oxygen atoms in total. The predicted molar refractivity (Wildman–Crippen MR) is 58.2 cm³/mol. The van der Waals surface area contributed by atoms with Crippen LogP contribution in [0.15, 0.2) is 18.2 Å². The molecule has 15 heavy (non-hydrogen) atoms. The molecule has 1 amide bonds. The van der Waals surface area contributed by atoms with Gasteiger partial charge in [0, 0.05) is 24.7 Å². The van der Waals surface area contributed by atoms with Gasteiger partial charge in [0.15, 0.2) is 0 Å². The van der Waals surface area contributed by atoms with Crippen molar-refractivity contribution in [3.8, 4) is 0 Å². The van der Waals surface area contributed by atoms with E-state index >= 15 is 0 Å². The summed E-state index contributed by atoms with van der Waals surface area (Å²) in [5.74, 6) is 0.0646. The SMILES string of the molecule is CC(=O)N1CCCc2cc(C=O)ccc21. The fourth-order valence-electron chi connectivity index (χ4n) is 2.02. The predicted octanol–water partition coefficient (Wildman–Crippen LogP) is 1.80. The van der Waals surface area contributed by atoms with Gasteiger partial charge in [-0.05, 0) is 36.6 Å². The van der Waals surface area contributed by atoms with Crippen LogP contribution >= 0.6 is 0 Å². The highest BCUT2D eigenvalue weighted by Crippen LogP contribution is 2.27. The molecule has 2 rings (SSSR count). The number of hydrogen-bond donors (Lipinski definition) is 0. The Labute approximate surface area is 88.7 Å². The van der Waals surface area contributed by atoms with E-state index in [1.165, 1.54) is 0 Å². The molecule has 0 aromatic heterocycles. The molecule has 0 saturated carbocycles. The Hall–Kier alpha value is -1.64. The minimum absolute atomic E-state index is 0.0646. The van der Waals surface area contributed by atoms with E-state index in [1.807, 2.05) is 12.1 Å². The molecule has 0 bridgehead atoms. The second-order valence-electron chi connectivity index (χ2n) is 3.78. The van der Waals surface area contributed by atoms with Crippen LogP contribution in [0.2, 0.25) is 0 Å². The van der Waals surface area contributed by atoms with Crippen molar-refractivity contribution in [3.63, 3.8) is 0 Å². The number of aldehydes is 1. The first-order valence-electron chi connectivity index (χ1n) is 5.08. The molecule has 1 heterocycles. The van der Waals surface area contributed by atoms with Crippen LogP contribution in [0, 0.1) is 0 Å². The first-order valence-corrected chi connectivity index (χ1v) is 5.08. The van der Waals surface area contributed by atoms with Crippen molar-refractivity contribution in [3.05, 3.63) is 29.3 Å². The molecule has 1 aromatic carbocycles. The standard InChI is InChI=1S/C12H13NO2/c1-9(15)13-6-2-3-11-7-10(8-14)4-5-12(11)13/h4-5,7-8H,2-3,6H2,1H3. The lowest BCUT2D eigenvalue weighted by atomic mass is 9.99. The lowest BCUT2D eigenvalue weighted by Gasteiger charge is -2.28. The number of carbonyl (C=O) groups is 2. The second-order valence-corrected chi connectivity index (χ2v) is 3.78. The van der Waals surface area contributed by atoms with E-state index in [-0.39, 0.29) is 5.91 Å². The number of aryl methyl sites for hydroxylation is 1. The topological polar surface area (TPSA) is 37.4 Å². The van der Waals surface area contributed by atoms with Crippen molar-refractivity contribution in [2.24, 2.45) is 0 Å². The fraction of sp³-hybridized carbons (Fsp3) is 0.333. The summed E-state index contributed by atoms with van der Waals surface area (Å²) in [4.78, 5) is 23.8. The van der Waals surface area contributed by atoms with Crippen molar-refractivity contribution < 1.29 is 9.59 Å². The maximum Gasteiger partial charge on any atom is 0.223 e. The molecule has 78 valence electrons. The molecule has 1 aromatic rings. The number of carbonyl (C=O) groups excluding carboxylic acids is 2. The molecule has 0 unspecified atom stereocenters. The van der Waals surface area contributed by atoms with E-state index in [4.69, 9.17) is 0 Å². The summed E-state index contributed by atoms with van der Waals surface area (Å²) in [6.07, 6.45) is 2.75. The van der Waals surface area contributed by atoms with Gasteiger partial charge in [-0.15, -0.1) is 0 Å². The van der Waals surface area contributed by atoms with Crippen LogP contribution in [0.3, 0.4) is 0 Å². The lowest BCUT2D eigenvalue weighted by molar-refractivity contribution is -0.116. The minimum atomic E-state index is 0.0646.